The number of benzene rings is 2. The molecule has 26 heavy (non-hydrogen) atoms. The number of nitrogens with zero attached hydrogens (tertiary/aromatic N) is 2. The van der Waals surface area contributed by atoms with Gasteiger partial charge >= 0.3 is 0 Å². The number of methoxy groups -OCH3 is 2. The first kappa shape index (κ1) is 17.2. The second kappa shape index (κ2) is 7.54. The maximum absolute atomic E-state index is 9.56. The molecule has 0 N–H and O–H groups in total. The van der Waals surface area contributed by atoms with Gasteiger partial charge in [-0.15, -0.1) is 0 Å². The van der Waals surface area contributed by atoms with Gasteiger partial charge < -0.3 is 9.47 Å². The summed E-state index contributed by atoms with van der Waals surface area (Å²) in [4.78, 5) is 4.76. The van der Waals surface area contributed by atoms with Gasteiger partial charge in [0.2, 0.25) is 0 Å². The van der Waals surface area contributed by atoms with Crippen molar-refractivity contribution in [2.45, 2.75) is 0 Å². The van der Waals surface area contributed by atoms with Gasteiger partial charge in [-0.1, -0.05) is 43.0 Å². The molecule has 0 atom stereocenters. The number of ether oxygens (including phenoxy) is 2. The van der Waals surface area contributed by atoms with Crippen LogP contribution in [0.1, 0.15) is 11.1 Å². The van der Waals surface area contributed by atoms with Gasteiger partial charge in [0.1, 0.15) is 6.07 Å². The van der Waals surface area contributed by atoms with Gasteiger partial charge in [0.25, 0.3) is 0 Å². The Bertz CT molecular complexity index is 989. The number of nitriles is 1. The third-order valence-corrected chi connectivity index (χ3v) is 4.12. The van der Waals surface area contributed by atoms with Gasteiger partial charge in [-0.2, -0.15) is 5.26 Å². The monoisotopic (exact) mass is 342 g/mol. The van der Waals surface area contributed by atoms with Crippen molar-refractivity contribution in [3.05, 3.63) is 72.3 Å². The summed E-state index contributed by atoms with van der Waals surface area (Å²) >= 11 is 0. The van der Waals surface area contributed by atoms with E-state index in [0.29, 0.717) is 22.8 Å². The van der Waals surface area contributed by atoms with E-state index in [1.165, 1.54) is 0 Å². The molecule has 0 radical (unpaired) electrons. The Labute approximate surface area is 153 Å². The molecule has 1 heterocycles. The van der Waals surface area contributed by atoms with Crippen LogP contribution in [0.2, 0.25) is 0 Å². The highest BCUT2D eigenvalue weighted by Crippen LogP contribution is 2.37. The van der Waals surface area contributed by atoms with Gasteiger partial charge in [0.15, 0.2) is 11.5 Å². The average molecular weight is 342 g/mol. The summed E-state index contributed by atoms with van der Waals surface area (Å²) in [5.74, 6) is 1.17. The minimum atomic E-state index is 0.486. The number of hydrogen-bond acceptors (Lipinski definition) is 4. The van der Waals surface area contributed by atoms with Gasteiger partial charge in [0.05, 0.1) is 31.2 Å². The lowest BCUT2D eigenvalue weighted by Gasteiger charge is -2.14. The smallest absolute Gasteiger partial charge is 0.161 e. The summed E-state index contributed by atoms with van der Waals surface area (Å²) in [5.41, 5.74) is 4.44. The lowest BCUT2D eigenvalue weighted by molar-refractivity contribution is 0.355. The van der Waals surface area contributed by atoms with Gasteiger partial charge in [-0.05, 0) is 29.8 Å². The zero-order chi connectivity index (χ0) is 18.5. The standard InChI is InChI=1S/C22H18N2O2/c1-4-15-12-20(25-2)21(26-3)13-18(15)22-17(14-23)10-11-19(24-22)16-8-6-5-7-9-16/h4-13H,1H2,2-3H3. The van der Waals surface area contributed by atoms with Gasteiger partial charge in [0, 0.05) is 11.1 Å². The minimum absolute atomic E-state index is 0.486. The Kier molecular flexibility index (Phi) is 5.00. The molecule has 0 aliphatic heterocycles. The SMILES string of the molecule is C=Cc1cc(OC)c(OC)cc1-c1nc(-c2ccccc2)ccc1C#N. The topological polar surface area (TPSA) is 55.1 Å². The highest BCUT2D eigenvalue weighted by atomic mass is 16.5. The van der Waals surface area contributed by atoms with Crippen LogP contribution in [0.5, 0.6) is 11.5 Å². The zero-order valence-electron chi connectivity index (χ0n) is 14.7. The van der Waals surface area contributed by atoms with Crippen LogP contribution >= 0.6 is 0 Å². The molecule has 0 saturated heterocycles. The molecule has 4 nitrogen and oxygen atoms in total. The van der Waals surface area contributed by atoms with E-state index in [1.54, 1.807) is 26.4 Å². The van der Waals surface area contributed by atoms with Crippen LogP contribution in [0.15, 0.2) is 61.2 Å². The fourth-order valence-corrected chi connectivity index (χ4v) is 2.79. The Morgan fingerprint density at radius 1 is 1.00 bits per heavy atom. The lowest BCUT2D eigenvalue weighted by atomic mass is 9.98. The normalized spacial score (nSPS) is 10.0. The summed E-state index contributed by atoms with van der Waals surface area (Å²) in [5, 5.41) is 9.56. The molecular weight excluding hydrogens is 324 g/mol. The average Bonchev–Trinajstić information content (AvgIpc) is 2.72. The molecule has 3 aromatic rings. The third-order valence-electron chi connectivity index (χ3n) is 4.12. The van der Waals surface area contributed by atoms with Crippen molar-refractivity contribution in [2.75, 3.05) is 14.2 Å². The van der Waals surface area contributed by atoms with E-state index in [2.05, 4.69) is 12.6 Å². The van der Waals surface area contributed by atoms with Crippen molar-refractivity contribution in [1.29, 1.82) is 5.26 Å². The first-order valence-corrected chi connectivity index (χ1v) is 8.07. The number of pyridine rings is 1. The van der Waals surface area contributed by atoms with Crippen LogP contribution in [0, 0.1) is 11.3 Å². The summed E-state index contributed by atoms with van der Waals surface area (Å²) in [6.45, 7) is 3.88. The quantitative estimate of drug-likeness (QED) is 0.658. The molecule has 0 spiro atoms. The van der Waals surface area contributed by atoms with Crippen LogP contribution in [-0.2, 0) is 0 Å². The lowest BCUT2D eigenvalue weighted by Crippen LogP contribution is -1.97. The highest BCUT2D eigenvalue weighted by Gasteiger charge is 2.16. The van der Waals surface area contributed by atoms with Crippen LogP contribution < -0.4 is 9.47 Å². The number of hydrogen-bond donors (Lipinski definition) is 0. The Balaban J connectivity index is 2.26. The van der Waals surface area contributed by atoms with E-state index in [4.69, 9.17) is 14.5 Å². The maximum Gasteiger partial charge on any atom is 0.161 e. The Hall–Kier alpha value is -3.58. The molecule has 2 aromatic carbocycles. The van der Waals surface area contributed by atoms with E-state index in [9.17, 15) is 5.26 Å². The minimum Gasteiger partial charge on any atom is -0.493 e. The van der Waals surface area contributed by atoms with E-state index in [1.807, 2.05) is 48.5 Å². The first-order valence-electron chi connectivity index (χ1n) is 8.07. The molecule has 0 aliphatic rings. The first-order chi connectivity index (χ1) is 12.7. The largest absolute Gasteiger partial charge is 0.493 e. The van der Waals surface area contributed by atoms with E-state index >= 15 is 0 Å². The number of rotatable bonds is 5. The second-order valence-electron chi connectivity index (χ2n) is 5.57. The summed E-state index contributed by atoms with van der Waals surface area (Å²) in [6, 6.07) is 19.4. The van der Waals surface area contributed by atoms with Gasteiger partial charge in [-0.3, -0.25) is 0 Å². The molecular formula is C22H18N2O2. The predicted molar refractivity (Wildman–Crippen MR) is 103 cm³/mol. The Morgan fingerprint density at radius 3 is 2.31 bits per heavy atom. The molecule has 0 fully saturated rings. The molecule has 4 heteroatoms. The second-order valence-corrected chi connectivity index (χ2v) is 5.57. The van der Waals surface area contributed by atoms with Crippen molar-refractivity contribution in [3.63, 3.8) is 0 Å². The molecule has 3 rings (SSSR count). The molecule has 0 aliphatic carbocycles. The maximum atomic E-state index is 9.56. The van der Waals surface area contributed by atoms with Crippen LogP contribution in [0.4, 0.5) is 0 Å². The summed E-state index contributed by atoms with van der Waals surface area (Å²) < 4.78 is 10.8. The molecule has 0 saturated carbocycles. The molecule has 0 amide bonds. The van der Waals surface area contributed by atoms with E-state index in [0.717, 1.165) is 22.4 Å². The molecule has 128 valence electrons. The Morgan fingerprint density at radius 2 is 1.69 bits per heavy atom. The fourth-order valence-electron chi connectivity index (χ4n) is 2.79. The van der Waals surface area contributed by atoms with Crippen LogP contribution in [0.3, 0.4) is 0 Å². The van der Waals surface area contributed by atoms with Crippen molar-refractivity contribution >= 4 is 6.08 Å². The van der Waals surface area contributed by atoms with E-state index < -0.39 is 0 Å². The van der Waals surface area contributed by atoms with Crippen LogP contribution in [0.25, 0.3) is 28.6 Å². The van der Waals surface area contributed by atoms with Crippen molar-refractivity contribution < 1.29 is 9.47 Å². The summed E-state index contributed by atoms with van der Waals surface area (Å²) in [7, 11) is 3.16. The van der Waals surface area contributed by atoms with Crippen molar-refractivity contribution in [3.8, 4) is 40.1 Å². The van der Waals surface area contributed by atoms with Gasteiger partial charge in [-0.25, -0.2) is 4.98 Å². The van der Waals surface area contributed by atoms with Crippen molar-refractivity contribution in [2.24, 2.45) is 0 Å². The molecule has 0 unspecified atom stereocenters. The van der Waals surface area contributed by atoms with E-state index in [-0.39, 0.29) is 0 Å². The highest BCUT2D eigenvalue weighted by molar-refractivity contribution is 5.80. The fraction of sp³-hybridized carbons (Fsp3) is 0.0909. The zero-order valence-corrected chi connectivity index (χ0v) is 14.7. The third kappa shape index (κ3) is 3.15. The molecule has 0 bridgehead atoms. The number of aromatic nitrogens is 1. The summed E-state index contributed by atoms with van der Waals surface area (Å²) in [6.07, 6.45) is 1.72. The molecule has 1 aromatic heterocycles. The predicted octanol–water partition coefficient (Wildman–Crippen LogP) is 4.95. The van der Waals surface area contributed by atoms with Crippen molar-refractivity contribution in [1.82, 2.24) is 4.98 Å². The van der Waals surface area contributed by atoms with Crippen LogP contribution in [-0.4, -0.2) is 19.2 Å².